The number of fused-ring (bicyclic) bond motifs is 1. The number of amides is 1. The molecular formula is C14H16N2O4S. The van der Waals surface area contributed by atoms with E-state index in [4.69, 9.17) is 9.52 Å². The summed E-state index contributed by atoms with van der Waals surface area (Å²) in [5.74, 6) is -1.29. The number of hydrogen-bond acceptors (Lipinski definition) is 5. The van der Waals surface area contributed by atoms with Crippen LogP contribution in [0.15, 0.2) is 33.9 Å². The molecule has 2 rings (SSSR count). The molecule has 0 aliphatic heterocycles. The van der Waals surface area contributed by atoms with E-state index in [0.717, 1.165) is 17.3 Å². The van der Waals surface area contributed by atoms with Gasteiger partial charge in [0.25, 0.3) is 5.22 Å². The third kappa shape index (κ3) is 4.22. The number of aliphatic carboxylic acids is 1. The molecule has 0 spiro atoms. The van der Waals surface area contributed by atoms with Gasteiger partial charge in [0.2, 0.25) is 5.91 Å². The van der Waals surface area contributed by atoms with Gasteiger partial charge in [0.05, 0.1) is 5.75 Å². The molecule has 112 valence electrons. The van der Waals surface area contributed by atoms with Crippen LogP contribution >= 0.6 is 11.8 Å². The van der Waals surface area contributed by atoms with Gasteiger partial charge in [-0.2, -0.15) is 0 Å². The van der Waals surface area contributed by atoms with Gasteiger partial charge in [0, 0.05) is 0 Å². The van der Waals surface area contributed by atoms with Crippen molar-refractivity contribution >= 4 is 34.7 Å². The van der Waals surface area contributed by atoms with Crippen molar-refractivity contribution in [2.24, 2.45) is 0 Å². The Labute approximate surface area is 125 Å². The molecule has 1 amide bonds. The Morgan fingerprint density at radius 3 is 2.86 bits per heavy atom. The third-order valence-corrected chi connectivity index (χ3v) is 3.64. The molecule has 7 heteroatoms. The summed E-state index contributed by atoms with van der Waals surface area (Å²) >= 11 is 1.14. The van der Waals surface area contributed by atoms with Gasteiger partial charge in [-0.05, 0) is 18.6 Å². The minimum atomic E-state index is -1.02. The lowest BCUT2D eigenvalue weighted by atomic mass is 10.2. The maximum atomic E-state index is 11.8. The van der Waals surface area contributed by atoms with Gasteiger partial charge in [0.15, 0.2) is 5.58 Å². The molecule has 1 aromatic heterocycles. The van der Waals surface area contributed by atoms with Gasteiger partial charge in [-0.25, -0.2) is 9.78 Å². The average Bonchev–Trinajstić information content (AvgIpc) is 2.87. The van der Waals surface area contributed by atoms with E-state index in [1.807, 2.05) is 25.1 Å². The van der Waals surface area contributed by atoms with E-state index in [9.17, 15) is 9.59 Å². The van der Waals surface area contributed by atoms with Crippen LogP contribution in [0.25, 0.3) is 11.1 Å². The number of carbonyl (C=O) groups excluding carboxylic acids is 1. The van der Waals surface area contributed by atoms with Gasteiger partial charge in [-0.15, -0.1) is 0 Å². The minimum Gasteiger partial charge on any atom is -0.480 e. The number of oxazole rings is 1. The number of aromatic nitrogens is 1. The van der Waals surface area contributed by atoms with Crippen LogP contribution < -0.4 is 5.32 Å². The van der Waals surface area contributed by atoms with Crippen molar-refractivity contribution in [1.82, 2.24) is 10.3 Å². The van der Waals surface area contributed by atoms with Crippen molar-refractivity contribution in [3.63, 3.8) is 0 Å². The van der Waals surface area contributed by atoms with Crippen LogP contribution in [0.3, 0.4) is 0 Å². The summed E-state index contributed by atoms with van der Waals surface area (Å²) in [5.41, 5.74) is 1.39. The molecule has 1 unspecified atom stereocenters. The molecule has 0 fully saturated rings. The van der Waals surface area contributed by atoms with E-state index in [1.165, 1.54) is 0 Å². The lowest BCUT2D eigenvalue weighted by molar-refractivity contribution is -0.141. The van der Waals surface area contributed by atoms with Crippen LogP contribution in [-0.2, 0) is 9.59 Å². The molecule has 0 aliphatic rings. The molecule has 21 heavy (non-hydrogen) atoms. The highest BCUT2D eigenvalue weighted by Crippen LogP contribution is 2.22. The predicted molar refractivity (Wildman–Crippen MR) is 79.2 cm³/mol. The van der Waals surface area contributed by atoms with Crippen LogP contribution in [-0.4, -0.2) is 33.8 Å². The Balaban J connectivity index is 1.89. The van der Waals surface area contributed by atoms with Crippen molar-refractivity contribution in [1.29, 1.82) is 0 Å². The molecule has 1 aromatic carbocycles. The highest BCUT2D eigenvalue weighted by atomic mass is 32.2. The summed E-state index contributed by atoms with van der Waals surface area (Å²) in [6, 6.07) is 6.48. The van der Waals surface area contributed by atoms with Gasteiger partial charge in [0.1, 0.15) is 11.6 Å². The fourth-order valence-electron chi connectivity index (χ4n) is 1.82. The summed E-state index contributed by atoms with van der Waals surface area (Å²) in [7, 11) is 0. The largest absolute Gasteiger partial charge is 0.480 e. The number of carbonyl (C=O) groups is 2. The molecule has 2 N–H and O–H groups in total. The Kier molecular flexibility index (Phi) is 5.21. The Morgan fingerprint density at radius 1 is 1.43 bits per heavy atom. The normalized spacial score (nSPS) is 12.2. The molecule has 0 radical (unpaired) electrons. The Bertz CT molecular complexity index is 608. The number of hydrogen-bond donors (Lipinski definition) is 2. The molecule has 0 bridgehead atoms. The quantitative estimate of drug-likeness (QED) is 0.762. The SMILES string of the molecule is CCCC(NC(=O)CSc1nc2ccccc2o1)C(=O)O. The molecule has 1 atom stereocenters. The van der Waals surface area contributed by atoms with E-state index in [1.54, 1.807) is 6.07 Å². The van der Waals surface area contributed by atoms with Gasteiger partial charge in [-0.3, -0.25) is 4.79 Å². The molecule has 0 saturated carbocycles. The monoisotopic (exact) mass is 308 g/mol. The lowest BCUT2D eigenvalue weighted by Crippen LogP contribution is -2.41. The van der Waals surface area contributed by atoms with Crippen LogP contribution in [0.4, 0.5) is 0 Å². The van der Waals surface area contributed by atoms with E-state index in [-0.39, 0.29) is 11.7 Å². The second-order valence-electron chi connectivity index (χ2n) is 4.48. The van der Waals surface area contributed by atoms with Gasteiger partial charge < -0.3 is 14.8 Å². The van der Waals surface area contributed by atoms with Crippen LogP contribution in [0.2, 0.25) is 0 Å². The first-order valence-electron chi connectivity index (χ1n) is 6.60. The van der Waals surface area contributed by atoms with Crippen molar-refractivity contribution in [2.75, 3.05) is 5.75 Å². The van der Waals surface area contributed by atoms with Crippen molar-refractivity contribution in [3.05, 3.63) is 24.3 Å². The standard InChI is InChI=1S/C14H16N2O4S/c1-2-5-10(13(18)19)15-12(17)8-21-14-16-9-6-3-4-7-11(9)20-14/h3-4,6-7,10H,2,5,8H2,1H3,(H,15,17)(H,18,19). The molecule has 0 aliphatic carbocycles. The number of nitrogens with one attached hydrogen (secondary N) is 1. The fourth-order valence-corrected chi connectivity index (χ4v) is 2.47. The number of carboxylic acid groups (broad SMARTS) is 1. The van der Waals surface area contributed by atoms with Crippen LogP contribution in [0, 0.1) is 0 Å². The van der Waals surface area contributed by atoms with E-state index < -0.39 is 12.0 Å². The molecule has 1 heterocycles. The second kappa shape index (κ2) is 7.12. The van der Waals surface area contributed by atoms with Crippen LogP contribution in [0.5, 0.6) is 0 Å². The van der Waals surface area contributed by atoms with E-state index in [2.05, 4.69) is 10.3 Å². The lowest BCUT2D eigenvalue weighted by Gasteiger charge is -2.12. The highest BCUT2D eigenvalue weighted by molar-refractivity contribution is 7.99. The third-order valence-electron chi connectivity index (χ3n) is 2.81. The van der Waals surface area contributed by atoms with Gasteiger partial charge >= 0.3 is 5.97 Å². The Hall–Kier alpha value is -2.02. The summed E-state index contributed by atoms with van der Waals surface area (Å²) in [4.78, 5) is 27.0. The number of benzene rings is 1. The number of para-hydroxylation sites is 2. The zero-order valence-corrected chi connectivity index (χ0v) is 12.4. The number of nitrogens with zero attached hydrogens (tertiary/aromatic N) is 1. The number of carboxylic acids is 1. The molecule has 6 nitrogen and oxygen atoms in total. The zero-order chi connectivity index (χ0) is 15.2. The first kappa shape index (κ1) is 15.4. The molecule has 0 saturated heterocycles. The van der Waals surface area contributed by atoms with Gasteiger partial charge in [-0.1, -0.05) is 37.2 Å². The topological polar surface area (TPSA) is 92.4 Å². The zero-order valence-electron chi connectivity index (χ0n) is 11.5. The summed E-state index contributed by atoms with van der Waals surface area (Å²) in [6.07, 6.45) is 1.10. The second-order valence-corrected chi connectivity index (χ2v) is 5.41. The molecular weight excluding hydrogens is 292 g/mol. The summed E-state index contributed by atoms with van der Waals surface area (Å²) < 4.78 is 5.47. The van der Waals surface area contributed by atoms with Crippen LogP contribution in [0.1, 0.15) is 19.8 Å². The van der Waals surface area contributed by atoms with Crippen molar-refractivity contribution < 1.29 is 19.1 Å². The first-order chi connectivity index (χ1) is 10.1. The van der Waals surface area contributed by atoms with E-state index in [0.29, 0.717) is 23.6 Å². The van der Waals surface area contributed by atoms with E-state index >= 15 is 0 Å². The van der Waals surface area contributed by atoms with Crippen molar-refractivity contribution in [3.8, 4) is 0 Å². The maximum Gasteiger partial charge on any atom is 0.326 e. The summed E-state index contributed by atoms with van der Waals surface area (Å²) in [6.45, 7) is 1.87. The predicted octanol–water partition coefficient (Wildman–Crippen LogP) is 2.29. The smallest absolute Gasteiger partial charge is 0.326 e. The molecule has 2 aromatic rings. The minimum absolute atomic E-state index is 0.0698. The highest BCUT2D eigenvalue weighted by Gasteiger charge is 2.19. The van der Waals surface area contributed by atoms with Crippen molar-refractivity contribution in [2.45, 2.75) is 31.0 Å². The summed E-state index contributed by atoms with van der Waals surface area (Å²) in [5, 5.41) is 11.9. The Morgan fingerprint density at radius 2 is 2.19 bits per heavy atom. The maximum absolute atomic E-state index is 11.8. The average molecular weight is 308 g/mol. The number of thioether (sulfide) groups is 1. The number of rotatable bonds is 7. The first-order valence-corrected chi connectivity index (χ1v) is 7.59. The fraction of sp³-hybridized carbons (Fsp3) is 0.357.